The van der Waals surface area contributed by atoms with E-state index in [1.54, 1.807) is 12.1 Å². The molecule has 0 atom stereocenters. The number of ether oxygens (including phenoxy) is 1. The summed E-state index contributed by atoms with van der Waals surface area (Å²) in [5.74, 6) is -0.354. The molecule has 0 heterocycles. The summed E-state index contributed by atoms with van der Waals surface area (Å²) in [6.45, 7) is 4.19. The fourth-order valence-corrected chi connectivity index (χ4v) is 1.68. The number of nitrogens with two attached hydrogens (primary N) is 1. The minimum Gasteiger partial charge on any atom is -0.457 e. The summed E-state index contributed by atoms with van der Waals surface area (Å²) in [7, 11) is 0. The van der Waals surface area contributed by atoms with Crippen LogP contribution in [0.5, 0.6) is 0 Å². The maximum atomic E-state index is 11.9. The van der Waals surface area contributed by atoms with Gasteiger partial charge < -0.3 is 10.5 Å². The SMILES string of the molecule is Cc1ccc(COC(=O)c2ccc(C)c(N)c2)cc1. The lowest BCUT2D eigenvalue weighted by atomic mass is 10.1. The second kappa shape index (κ2) is 5.57. The summed E-state index contributed by atoms with van der Waals surface area (Å²) in [6.07, 6.45) is 0. The largest absolute Gasteiger partial charge is 0.457 e. The normalized spacial score (nSPS) is 10.2. The Morgan fingerprint density at radius 3 is 2.42 bits per heavy atom. The molecule has 0 radical (unpaired) electrons. The lowest BCUT2D eigenvalue weighted by Gasteiger charge is -2.07. The van der Waals surface area contributed by atoms with Crippen molar-refractivity contribution in [3.05, 3.63) is 64.7 Å². The zero-order valence-electron chi connectivity index (χ0n) is 11.1. The highest BCUT2D eigenvalue weighted by Crippen LogP contribution is 2.14. The molecular weight excluding hydrogens is 238 g/mol. The Hall–Kier alpha value is -2.29. The second-order valence-corrected chi connectivity index (χ2v) is 4.63. The van der Waals surface area contributed by atoms with Gasteiger partial charge in [0.15, 0.2) is 0 Å². The van der Waals surface area contributed by atoms with E-state index in [4.69, 9.17) is 10.5 Å². The van der Waals surface area contributed by atoms with Crippen LogP contribution in [0.1, 0.15) is 27.0 Å². The van der Waals surface area contributed by atoms with Crippen LogP contribution in [0.3, 0.4) is 0 Å². The van der Waals surface area contributed by atoms with Crippen LogP contribution in [0.15, 0.2) is 42.5 Å². The van der Waals surface area contributed by atoms with E-state index in [1.807, 2.05) is 44.2 Å². The van der Waals surface area contributed by atoms with E-state index in [0.29, 0.717) is 11.3 Å². The summed E-state index contributed by atoms with van der Waals surface area (Å²) >= 11 is 0. The van der Waals surface area contributed by atoms with Gasteiger partial charge >= 0.3 is 5.97 Å². The number of carbonyl (C=O) groups is 1. The quantitative estimate of drug-likeness (QED) is 0.676. The number of anilines is 1. The van der Waals surface area contributed by atoms with Crippen LogP contribution in [0, 0.1) is 13.8 Å². The average molecular weight is 255 g/mol. The zero-order chi connectivity index (χ0) is 13.8. The number of nitrogen functional groups attached to an aromatic ring is 1. The number of rotatable bonds is 3. The topological polar surface area (TPSA) is 52.3 Å². The van der Waals surface area contributed by atoms with Crippen LogP contribution in [0.4, 0.5) is 5.69 Å². The Morgan fingerprint density at radius 1 is 1.11 bits per heavy atom. The third kappa shape index (κ3) is 3.35. The monoisotopic (exact) mass is 255 g/mol. The number of carbonyl (C=O) groups excluding carboxylic acids is 1. The number of benzene rings is 2. The van der Waals surface area contributed by atoms with E-state index >= 15 is 0 Å². The van der Waals surface area contributed by atoms with Crippen LogP contribution < -0.4 is 5.73 Å². The molecule has 0 spiro atoms. The molecule has 2 rings (SSSR count). The predicted molar refractivity (Wildman–Crippen MR) is 75.9 cm³/mol. The van der Waals surface area contributed by atoms with E-state index in [1.165, 1.54) is 5.56 Å². The highest BCUT2D eigenvalue weighted by Gasteiger charge is 2.08. The fourth-order valence-electron chi connectivity index (χ4n) is 1.68. The van der Waals surface area contributed by atoms with Crippen molar-refractivity contribution in [3.8, 4) is 0 Å². The summed E-state index contributed by atoms with van der Waals surface area (Å²) in [4.78, 5) is 11.9. The van der Waals surface area contributed by atoms with E-state index in [9.17, 15) is 4.79 Å². The molecule has 0 saturated heterocycles. The molecule has 19 heavy (non-hydrogen) atoms. The molecular formula is C16H17NO2. The molecule has 3 heteroatoms. The first-order valence-electron chi connectivity index (χ1n) is 6.15. The van der Waals surface area contributed by atoms with Gasteiger partial charge in [0.05, 0.1) is 5.56 Å². The Labute approximate surface area is 113 Å². The molecule has 0 aromatic heterocycles. The van der Waals surface area contributed by atoms with Gasteiger partial charge in [-0.15, -0.1) is 0 Å². The third-order valence-corrected chi connectivity index (χ3v) is 3.01. The van der Waals surface area contributed by atoms with Gasteiger partial charge in [0.2, 0.25) is 0 Å². The van der Waals surface area contributed by atoms with Crippen molar-refractivity contribution >= 4 is 11.7 Å². The van der Waals surface area contributed by atoms with Crippen LogP contribution in [0.2, 0.25) is 0 Å². The summed E-state index contributed by atoms with van der Waals surface area (Å²) in [6, 6.07) is 13.1. The minimum absolute atomic E-state index is 0.271. The van der Waals surface area contributed by atoms with Crippen molar-refractivity contribution in [2.45, 2.75) is 20.5 Å². The second-order valence-electron chi connectivity index (χ2n) is 4.63. The molecule has 98 valence electrons. The van der Waals surface area contributed by atoms with Gasteiger partial charge in [0, 0.05) is 5.69 Å². The van der Waals surface area contributed by atoms with Crippen LogP contribution in [-0.2, 0) is 11.3 Å². The molecule has 2 aromatic rings. The summed E-state index contributed by atoms with van der Waals surface area (Å²) in [5.41, 5.74) is 9.96. The molecule has 2 aromatic carbocycles. The Kier molecular flexibility index (Phi) is 3.85. The van der Waals surface area contributed by atoms with Crippen LogP contribution in [0.25, 0.3) is 0 Å². The van der Waals surface area contributed by atoms with E-state index in [0.717, 1.165) is 11.1 Å². The first-order valence-corrected chi connectivity index (χ1v) is 6.15. The molecule has 0 unspecified atom stereocenters. The fraction of sp³-hybridized carbons (Fsp3) is 0.188. The Bertz CT molecular complexity index is 588. The first kappa shape index (κ1) is 13.1. The van der Waals surface area contributed by atoms with Gasteiger partial charge in [-0.2, -0.15) is 0 Å². The highest BCUT2D eigenvalue weighted by atomic mass is 16.5. The van der Waals surface area contributed by atoms with Crippen molar-refractivity contribution in [3.63, 3.8) is 0 Å². The maximum absolute atomic E-state index is 11.9. The van der Waals surface area contributed by atoms with Gasteiger partial charge in [-0.25, -0.2) is 4.79 Å². The predicted octanol–water partition coefficient (Wildman–Crippen LogP) is 3.24. The van der Waals surface area contributed by atoms with Gasteiger partial charge in [-0.05, 0) is 37.1 Å². The molecule has 0 saturated carbocycles. The molecule has 0 amide bonds. The molecule has 0 aliphatic rings. The number of esters is 1. The molecule has 0 bridgehead atoms. The molecule has 3 nitrogen and oxygen atoms in total. The van der Waals surface area contributed by atoms with Crippen LogP contribution >= 0.6 is 0 Å². The van der Waals surface area contributed by atoms with Gasteiger partial charge in [0.25, 0.3) is 0 Å². The highest BCUT2D eigenvalue weighted by molar-refractivity contribution is 5.90. The Balaban J connectivity index is 2.01. The van der Waals surface area contributed by atoms with Crippen molar-refractivity contribution in [2.75, 3.05) is 5.73 Å². The minimum atomic E-state index is -0.354. The Morgan fingerprint density at radius 2 is 1.79 bits per heavy atom. The van der Waals surface area contributed by atoms with E-state index in [2.05, 4.69) is 0 Å². The smallest absolute Gasteiger partial charge is 0.338 e. The molecule has 0 aliphatic heterocycles. The van der Waals surface area contributed by atoms with Crippen molar-refractivity contribution < 1.29 is 9.53 Å². The van der Waals surface area contributed by atoms with E-state index in [-0.39, 0.29) is 12.6 Å². The molecule has 0 fully saturated rings. The van der Waals surface area contributed by atoms with Crippen LogP contribution in [-0.4, -0.2) is 5.97 Å². The first-order chi connectivity index (χ1) is 9.06. The number of hydrogen-bond donors (Lipinski definition) is 1. The zero-order valence-corrected chi connectivity index (χ0v) is 11.1. The molecule has 0 aliphatic carbocycles. The summed E-state index contributed by atoms with van der Waals surface area (Å²) < 4.78 is 5.25. The van der Waals surface area contributed by atoms with Gasteiger partial charge in [0.1, 0.15) is 6.61 Å². The van der Waals surface area contributed by atoms with Gasteiger partial charge in [-0.1, -0.05) is 35.9 Å². The average Bonchev–Trinajstić information content (AvgIpc) is 2.41. The van der Waals surface area contributed by atoms with Crippen molar-refractivity contribution in [1.29, 1.82) is 0 Å². The maximum Gasteiger partial charge on any atom is 0.338 e. The summed E-state index contributed by atoms with van der Waals surface area (Å²) in [5, 5.41) is 0. The third-order valence-electron chi connectivity index (χ3n) is 3.01. The number of hydrogen-bond acceptors (Lipinski definition) is 3. The molecule has 2 N–H and O–H groups in total. The van der Waals surface area contributed by atoms with Crippen molar-refractivity contribution in [2.24, 2.45) is 0 Å². The lowest BCUT2D eigenvalue weighted by molar-refractivity contribution is 0.0473. The number of aryl methyl sites for hydroxylation is 2. The van der Waals surface area contributed by atoms with Crippen molar-refractivity contribution in [1.82, 2.24) is 0 Å². The lowest BCUT2D eigenvalue weighted by Crippen LogP contribution is -2.06. The van der Waals surface area contributed by atoms with Gasteiger partial charge in [-0.3, -0.25) is 0 Å². The standard InChI is InChI=1S/C16H17NO2/c1-11-3-6-13(7-4-11)10-19-16(18)14-8-5-12(2)15(17)9-14/h3-9H,10,17H2,1-2H3. The van der Waals surface area contributed by atoms with E-state index < -0.39 is 0 Å².